The Morgan fingerprint density at radius 3 is 2.53 bits per heavy atom. The molecule has 1 aromatic carbocycles. The lowest BCUT2D eigenvalue weighted by Crippen LogP contribution is -2.48. The van der Waals surface area contributed by atoms with Crippen LogP contribution < -0.4 is 5.32 Å². The molecule has 0 amide bonds. The van der Waals surface area contributed by atoms with Gasteiger partial charge in [0.1, 0.15) is 5.82 Å². The van der Waals surface area contributed by atoms with Gasteiger partial charge < -0.3 is 10.4 Å². The molecule has 0 saturated heterocycles. The van der Waals surface area contributed by atoms with Crippen LogP contribution in [0.1, 0.15) is 31.7 Å². The van der Waals surface area contributed by atoms with E-state index in [1.54, 1.807) is 0 Å². The predicted molar refractivity (Wildman–Crippen MR) is 66.4 cm³/mol. The second kappa shape index (κ2) is 5.15. The number of aliphatic hydroxyl groups is 1. The number of hydrogen-bond donors (Lipinski definition) is 2. The van der Waals surface area contributed by atoms with Crippen molar-refractivity contribution in [3.05, 3.63) is 35.6 Å². The SMILES string of the molecule is CC(Cc1ccc(F)cc1)NCC1(O)CCC1. The van der Waals surface area contributed by atoms with Crippen LogP contribution in [0.2, 0.25) is 0 Å². The molecule has 1 aliphatic rings. The minimum absolute atomic E-state index is 0.196. The van der Waals surface area contributed by atoms with E-state index in [0.717, 1.165) is 31.2 Å². The van der Waals surface area contributed by atoms with Gasteiger partial charge in [0.05, 0.1) is 5.60 Å². The smallest absolute Gasteiger partial charge is 0.123 e. The predicted octanol–water partition coefficient (Wildman–Crippen LogP) is 2.26. The molecule has 1 atom stereocenters. The summed E-state index contributed by atoms with van der Waals surface area (Å²) in [7, 11) is 0. The first-order chi connectivity index (χ1) is 8.07. The molecule has 2 nitrogen and oxygen atoms in total. The Bertz CT molecular complexity index is 359. The monoisotopic (exact) mass is 237 g/mol. The first-order valence-electron chi connectivity index (χ1n) is 6.28. The summed E-state index contributed by atoms with van der Waals surface area (Å²) >= 11 is 0. The first-order valence-corrected chi connectivity index (χ1v) is 6.28. The summed E-state index contributed by atoms with van der Waals surface area (Å²) in [6.45, 7) is 2.75. The molecule has 94 valence electrons. The van der Waals surface area contributed by atoms with Gasteiger partial charge in [-0.25, -0.2) is 4.39 Å². The molecular formula is C14H20FNO. The lowest BCUT2D eigenvalue weighted by Gasteiger charge is -2.37. The highest BCUT2D eigenvalue weighted by Crippen LogP contribution is 2.30. The zero-order valence-electron chi connectivity index (χ0n) is 10.2. The molecule has 2 rings (SSSR count). The fraction of sp³-hybridized carbons (Fsp3) is 0.571. The van der Waals surface area contributed by atoms with Crippen LogP contribution in [0.5, 0.6) is 0 Å². The van der Waals surface area contributed by atoms with Crippen molar-refractivity contribution < 1.29 is 9.50 Å². The Kier molecular flexibility index (Phi) is 3.79. The van der Waals surface area contributed by atoms with E-state index in [9.17, 15) is 9.50 Å². The molecule has 0 bridgehead atoms. The molecular weight excluding hydrogens is 217 g/mol. The van der Waals surface area contributed by atoms with E-state index in [1.165, 1.54) is 12.1 Å². The Balaban J connectivity index is 1.76. The van der Waals surface area contributed by atoms with Crippen LogP contribution in [-0.2, 0) is 6.42 Å². The standard InChI is InChI=1S/C14H20FNO/c1-11(16-10-14(17)7-2-8-14)9-12-3-5-13(15)6-4-12/h3-6,11,16-17H,2,7-10H2,1H3. The highest BCUT2D eigenvalue weighted by atomic mass is 19.1. The lowest BCUT2D eigenvalue weighted by atomic mass is 9.80. The second-order valence-corrected chi connectivity index (χ2v) is 5.19. The van der Waals surface area contributed by atoms with Crippen molar-refractivity contribution in [1.29, 1.82) is 0 Å². The molecule has 1 fully saturated rings. The average molecular weight is 237 g/mol. The van der Waals surface area contributed by atoms with Crippen LogP contribution in [0.3, 0.4) is 0 Å². The summed E-state index contributed by atoms with van der Waals surface area (Å²) in [4.78, 5) is 0. The van der Waals surface area contributed by atoms with Crippen LogP contribution in [0.25, 0.3) is 0 Å². The Hall–Kier alpha value is -0.930. The first kappa shape index (κ1) is 12.5. The third-order valence-electron chi connectivity index (χ3n) is 3.52. The normalized spacial score (nSPS) is 19.7. The zero-order chi connectivity index (χ0) is 12.3. The maximum atomic E-state index is 12.7. The third-order valence-corrected chi connectivity index (χ3v) is 3.52. The van der Waals surface area contributed by atoms with E-state index in [4.69, 9.17) is 0 Å². The number of hydrogen-bond acceptors (Lipinski definition) is 2. The lowest BCUT2D eigenvalue weighted by molar-refractivity contribution is -0.0328. The zero-order valence-corrected chi connectivity index (χ0v) is 10.2. The molecule has 3 heteroatoms. The highest BCUT2D eigenvalue weighted by molar-refractivity contribution is 5.17. The molecule has 0 radical (unpaired) electrons. The van der Waals surface area contributed by atoms with Crippen LogP contribution in [0, 0.1) is 5.82 Å². The Labute approximate surface area is 102 Å². The maximum absolute atomic E-state index is 12.7. The number of rotatable bonds is 5. The maximum Gasteiger partial charge on any atom is 0.123 e. The van der Waals surface area contributed by atoms with Crippen LogP contribution >= 0.6 is 0 Å². The summed E-state index contributed by atoms with van der Waals surface area (Å²) in [5, 5.41) is 13.3. The molecule has 1 aromatic rings. The van der Waals surface area contributed by atoms with E-state index in [2.05, 4.69) is 12.2 Å². The van der Waals surface area contributed by atoms with Crippen molar-refractivity contribution in [2.75, 3.05) is 6.54 Å². The van der Waals surface area contributed by atoms with E-state index < -0.39 is 5.60 Å². The van der Waals surface area contributed by atoms with Gasteiger partial charge in [0.2, 0.25) is 0 Å². The van der Waals surface area contributed by atoms with E-state index in [-0.39, 0.29) is 5.82 Å². The van der Waals surface area contributed by atoms with Crippen molar-refractivity contribution in [2.24, 2.45) is 0 Å². The van der Waals surface area contributed by atoms with Gasteiger partial charge in [0.25, 0.3) is 0 Å². The molecule has 2 N–H and O–H groups in total. The number of nitrogens with one attached hydrogen (secondary N) is 1. The average Bonchev–Trinajstić information content (AvgIpc) is 2.27. The molecule has 1 aliphatic carbocycles. The van der Waals surface area contributed by atoms with Gasteiger partial charge in [-0.05, 0) is 50.3 Å². The summed E-state index contributed by atoms with van der Waals surface area (Å²) < 4.78 is 12.7. The van der Waals surface area contributed by atoms with Crippen LogP contribution in [0.15, 0.2) is 24.3 Å². The minimum Gasteiger partial charge on any atom is -0.389 e. The van der Waals surface area contributed by atoms with Crippen molar-refractivity contribution in [2.45, 2.75) is 44.2 Å². The van der Waals surface area contributed by atoms with Crippen LogP contribution in [-0.4, -0.2) is 23.3 Å². The number of halogens is 1. The van der Waals surface area contributed by atoms with Gasteiger partial charge >= 0.3 is 0 Å². The van der Waals surface area contributed by atoms with Gasteiger partial charge in [-0.3, -0.25) is 0 Å². The minimum atomic E-state index is -0.475. The summed E-state index contributed by atoms with van der Waals surface area (Å²) in [6.07, 6.45) is 3.80. The Morgan fingerprint density at radius 2 is 2.00 bits per heavy atom. The largest absolute Gasteiger partial charge is 0.389 e. The Morgan fingerprint density at radius 1 is 1.35 bits per heavy atom. The topological polar surface area (TPSA) is 32.3 Å². The molecule has 0 aromatic heterocycles. The highest BCUT2D eigenvalue weighted by Gasteiger charge is 2.34. The second-order valence-electron chi connectivity index (χ2n) is 5.19. The molecule has 0 heterocycles. The van der Waals surface area contributed by atoms with Crippen molar-refractivity contribution >= 4 is 0 Å². The van der Waals surface area contributed by atoms with E-state index in [1.807, 2.05) is 12.1 Å². The molecule has 0 aliphatic heterocycles. The molecule has 1 unspecified atom stereocenters. The molecule has 17 heavy (non-hydrogen) atoms. The van der Waals surface area contributed by atoms with Crippen molar-refractivity contribution in [1.82, 2.24) is 5.32 Å². The fourth-order valence-electron chi connectivity index (χ4n) is 2.17. The quantitative estimate of drug-likeness (QED) is 0.823. The number of benzene rings is 1. The van der Waals surface area contributed by atoms with E-state index >= 15 is 0 Å². The van der Waals surface area contributed by atoms with Gasteiger partial charge in [-0.15, -0.1) is 0 Å². The third kappa shape index (κ3) is 3.51. The molecule has 1 saturated carbocycles. The van der Waals surface area contributed by atoms with Gasteiger partial charge in [0.15, 0.2) is 0 Å². The van der Waals surface area contributed by atoms with Gasteiger partial charge in [0, 0.05) is 12.6 Å². The summed E-state index contributed by atoms with van der Waals surface area (Å²) in [5.74, 6) is -0.196. The van der Waals surface area contributed by atoms with Gasteiger partial charge in [-0.1, -0.05) is 12.1 Å². The van der Waals surface area contributed by atoms with E-state index in [0.29, 0.717) is 12.6 Å². The van der Waals surface area contributed by atoms with Crippen molar-refractivity contribution in [3.63, 3.8) is 0 Å². The van der Waals surface area contributed by atoms with Crippen molar-refractivity contribution in [3.8, 4) is 0 Å². The fourth-order valence-corrected chi connectivity index (χ4v) is 2.17. The van der Waals surface area contributed by atoms with Gasteiger partial charge in [-0.2, -0.15) is 0 Å². The van der Waals surface area contributed by atoms with Crippen LogP contribution in [0.4, 0.5) is 4.39 Å². The summed E-state index contributed by atoms with van der Waals surface area (Å²) in [5.41, 5.74) is 0.642. The molecule has 0 spiro atoms. The summed E-state index contributed by atoms with van der Waals surface area (Å²) in [6, 6.07) is 6.89.